The lowest BCUT2D eigenvalue weighted by Gasteiger charge is -2.19. The molecule has 0 radical (unpaired) electrons. The van der Waals surface area contributed by atoms with Crippen molar-refractivity contribution in [2.24, 2.45) is 0 Å². The van der Waals surface area contributed by atoms with Crippen LogP contribution in [0.4, 0.5) is 0 Å². The van der Waals surface area contributed by atoms with Crippen molar-refractivity contribution >= 4 is 0 Å². The number of fused-ring (bicyclic) bond motifs is 2. The van der Waals surface area contributed by atoms with Crippen LogP contribution in [0.5, 0.6) is 0 Å². The Kier molecular flexibility index (Phi) is 5.40. The molecule has 2 aliphatic rings. The zero-order valence-electron chi connectivity index (χ0n) is 9.01. The van der Waals surface area contributed by atoms with Gasteiger partial charge in [-0.2, -0.15) is 0 Å². The van der Waals surface area contributed by atoms with Crippen molar-refractivity contribution in [2.45, 2.75) is 58.0 Å². The molecule has 13 heavy (non-hydrogen) atoms. The van der Waals surface area contributed by atoms with E-state index in [-0.39, 0.29) is 0 Å². The van der Waals surface area contributed by atoms with Gasteiger partial charge in [0.1, 0.15) is 0 Å². The molecule has 2 fully saturated rings. The Labute approximate surface area is 82.0 Å². The van der Waals surface area contributed by atoms with Gasteiger partial charge in [-0.25, -0.2) is 0 Å². The Morgan fingerprint density at radius 2 is 1.54 bits per heavy atom. The van der Waals surface area contributed by atoms with Gasteiger partial charge in [-0.05, 0) is 39.5 Å². The summed E-state index contributed by atoms with van der Waals surface area (Å²) >= 11 is 0. The average Bonchev–Trinajstić information content (AvgIpc) is 2.48. The molecule has 2 aliphatic heterocycles. The summed E-state index contributed by atoms with van der Waals surface area (Å²) in [5, 5.41) is 3.59. The SMILES string of the molecule is C1CC2CCC(C1)N2.CCOCC. The van der Waals surface area contributed by atoms with Gasteiger partial charge in [0.2, 0.25) is 0 Å². The first-order valence-corrected chi connectivity index (χ1v) is 5.70. The van der Waals surface area contributed by atoms with Crippen LogP contribution in [0.15, 0.2) is 0 Å². The number of hydrogen-bond donors (Lipinski definition) is 1. The molecule has 0 aromatic rings. The van der Waals surface area contributed by atoms with Crippen LogP contribution < -0.4 is 5.32 Å². The van der Waals surface area contributed by atoms with Crippen molar-refractivity contribution < 1.29 is 4.74 Å². The Morgan fingerprint density at radius 1 is 1.00 bits per heavy atom. The van der Waals surface area contributed by atoms with E-state index in [1.165, 1.54) is 32.1 Å². The van der Waals surface area contributed by atoms with Crippen molar-refractivity contribution in [1.29, 1.82) is 0 Å². The van der Waals surface area contributed by atoms with Gasteiger partial charge in [-0.1, -0.05) is 6.42 Å². The molecule has 0 aromatic carbocycles. The smallest absolute Gasteiger partial charge is 0.0437 e. The van der Waals surface area contributed by atoms with Gasteiger partial charge in [-0.15, -0.1) is 0 Å². The second-order valence-corrected chi connectivity index (χ2v) is 3.85. The molecule has 1 N–H and O–H groups in total. The minimum Gasteiger partial charge on any atom is -0.382 e. The molecular formula is C11H23NO. The molecule has 2 heterocycles. The standard InChI is InChI=1S/C7H13N.C4H10O/c1-2-6-4-5-7(3-1)8-6;1-3-5-4-2/h6-8H,1-5H2;3-4H2,1-2H3. The van der Waals surface area contributed by atoms with E-state index in [0.717, 1.165) is 25.3 Å². The maximum atomic E-state index is 4.83. The molecule has 2 nitrogen and oxygen atoms in total. The maximum absolute atomic E-state index is 4.83. The summed E-state index contributed by atoms with van der Waals surface area (Å²) in [5.74, 6) is 0. The third kappa shape index (κ3) is 4.10. The molecule has 0 aliphatic carbocycles. The van der Waals surface area contributed by atoms with E-state index in [1.54, 1.807) is 0 Å². The monoisotopic (exact) mass is 185 g/mol. The summed E-state index contributed by atoms with van der Waals surface area (Å²) in [6.45, 7) is 5.67. The molecule has 2 bridgehead atoms. The summed E-state index contributed by atoms with van der Waals surface area (Å²) < 4.78 is 4.83. The fourth-order valence-electron chi connectivity index (χ4n) is 2.17. The first-order valence-electron chi connectivity index (χ1n) is 5.70. The van der Waals surface area contributed by atoms with Crippen LogP contribution in [0.3, 0.4) is 0 Å². The molecule has 0 saturated carbocycles. The largest absolute Gasteiger partial charge is 0.382 e. The van der Waals surface area contributed by atoms with Crippen molar-refractivity contribution in [3.8, 4) is 0 Å². The normalized spacial score (nSPS) is 30.9. The Hall–Kier alpha value is -0.0800. The number of piperidine rings is 1. The van der Waals surface area contributed by atoms with Gasteiger partial charge < -0.3 is 10.1 Å². The zero-order valence-corrected chi connectivity index (χ0v) is 9.01. The van der Waals surface area contributed by atoms with Gasteiger partial charge in [0, 0.05) is 25.3 Å². The quantitative estimate of drug-likeness (QED) is 0.713. The second kappa shape index (κ2) is 6.39. The van der Waals surface area contributed by atoms with Crippen molar-refractivity contribution in [1.82, 2.24) is 5.32 Å². The van der Waals surface area contributed by atoms with Gasteiger partial charge >= 0.3 is 0 Å². The number of rotatable bonds is 2. The lowest BCUT2D eigenvalue weighted by atomic mass is 10.1. The fraction of sp³-hybridized carbons (Fsp3) is 1.00. The van der Waals surface area contributed by atoms with Crippen LogP contribution in [0, 0.1) is 0 Å². The van der Waals surface area contributed by atoms with Crippen LogP contribution >= 0.6 is 0 Å². The van der Waals surface area contributed by atoms with E-state index in [1.807, 2.05) is 13.8 Å². The molecule has 0 aromatic heterocycles. The van der Waals surface area contributed by atoms with Gasteiger partial charge in [0.15, 0.2) is 0 Å². The highest BCUT2D eigenvalue weighted by molar-refractivity contribution is 4.87. The van der Waals surface area contributed by atoms with Crippen molar-refractivity contribution in [3.05, 3.63) is 0 Å². The number of nitrogens with one attached hydrogen (secondary N) is 1. The van der Waals surface area contributed by atoms with Crippen LogP contribution in [0.2, 0.25) is 0 Å². The van der Waals surface area contributed by atoms with E-state index in [2.05, 4.69) is 5.32 Å². The Morgan fingerprint density at radius 3 is 1.85 bits per heavy atom. The highest BCUT2D eigenvalue weighted by Gasteiger charge is 2.26. The Balaban J connectivity index is 0.000000149. The predicted molar refractivity (Wildman–Crippen MR) is 56.0 cm³/mol. The van der Waals surface area contributed by atoms with Crippen LogP contribution in [-0.4, -0.2) is 25.3 Å². The number of ether oxygens (including phenoxy) is 1. The van der Waals surface area contributed by atoms with Gasteiger partial charge in [0.25, 0.3) is 0 Å². The predicted octanol–water partition coefficient (Wildman–Crippen LogP) is 2.33. The van der Waals surface area contributed by atoms with Crippen molar-refractivity contribution in [3.63, 3.8) is 0 Å². The summed E-state index contributed by atoms with van der Waals surface area (Å²) in [6.07, 6.45) is 7.25. The Bertz CT molecular complexity index is 111. The minimum absolute atomic E-state index is 0.844. The lowest BCUT2D eigenvalue weighted by Crippen LogP contribution is -2.33. The molecule has 78 valence electrons. The average molecular weight is 185 g/mol. The summed E-state index contributed by atoms with van der Waals surface area (Å²) in [5.41, 5.74) is 0. The van der Waals surface area contributed by atoms with Crippen LogP contribution in [0.1, 0.15) is 46.0 Å². The molecule has 0 spiro atoms. The summed E-state index contributed by atoms with van der Waals surface area (Å²) in [4.78, 5) is 0. The minimum atomic E-state index is 0.844. The van der Waals surface area contributed by atoms with E-state index >= 15 is 0 Å². The lowest BCUT2D eigenvalue weighted by molar-refractivity contribution is 0.162. The van der Waals surface area contributed by atoms with Crippen LogP contribution in [-0.2, 0) is 4.74 Å². The fourth-order valence-corrected chi connectivity index (χ4v) is 2.17. The van der Waals surface area contributed by atoms with Gasteiger partial charge in [0.05, 0.1) is 0 Å². The molecule has 2 saturated heterocycles. The second-order valence-electron chi connectivity index (χ2n) is 3.85. The molecular weight excluding hydrogens is 162 g/mol. The van der Waals surface area contributed by atoms with E-state index < -0.39 is 0 Å². The third-order valence-corrected chi connectivity index (χ3v) is 2.85. The molecule has 2 rings (SSSR count). The van der Waals surface area contributed by atoms with E-state index in [0.29, 0.717) is 0 Å². The molecule has 2 unspecified atom stereocenters. The summed E-state index contributed by atoms with van der Waals surface area (Å²) in [6, 6.07) is 1.82. The molecule has 2 atom stereocenters. The summed E-state index contributed by atoms with van der Waals surface area (Å²) in [7, 11) is 0. The topological polar surface area (TPSA) is 21.3 Å². The first-order chi connectivity index (χ1) is 6.36. The third-order valence-electron chi connectivity index (χ3n) is 2.85. The highest BCUT2D eigenvalue weighted by Crippen LogP contribution is 2.25. The number of hydrogen-bond acceptors (Lipinski definition) is 2. The highest BCUT2D eigenvalue weighted by atomic mass is 16.5. The maximum Gasteiger partial charge on any atom is 0.0437 e. The first kappa shape index (κ1) is 11.0. The van der Waals surface area contributed by atoms with Gasteiger partial charge in [-0.3, -0.25) is 0 Å². The van der Waals surface area contributed by atoms with E-state index in [4.69, 9.17) is 4.74 Å². The molecule has 2 heteroatoms. The molecule has 0 amide bonds. The van der Waals surface area contributed by atoms with Crippen molar-refractivity contribution in [2.75, 3.05) is 13.2 Å². The van der Waals surface area contributed by atoms with Crippen LogP contribution in [0.25, 0.3) is 0 Å². The van der Waals surface area contributed by atoms with E-state index in [9.17, 15) is 0 Å². The zero-order chi connectivity index (χ0) is 9.52.